The van der Waals surface area contributed by atoms with E-state index in [1.807, 2.05) is 30.6 Å². The van der Waals surface area contributed by atoms with Crippen molar-refractivity contribution in [1.82, 2.24) is 9.29 Å². The summed E-state index contributed by atoms with van der Waals surface area (Å²) in [4.78, 5) is 4.42. The first-order chi connectivity index (χ1) is 10.7. The van der Waals surface area contributed by atoms with Crippen LogP contribution in [0.5, 0.6) is 0 Å². The molecule has 1 aromatic heterocycles. The molecule has 5 heteroatoms. The highest BCUT2D eigenvalue weighted by atomic mass is 32.2. The number of hydrogen-bond acceptors (Lipinski definition) is 3. The van der Waals surface area contributed by atoms with Crippen molar-refractivity contribution in [2.24, 2.45) is 5.92 Å². The highest BCUT2D eigenvalue weighted by Crippen LogP contribution is 2.25. The van der Waals surface area contributed by atoms with Crippen molar-refractivity contribution < 1.29 is 8.42 Å². The van der Waals surface area contributed by atoms with Gasteiger partial charge in [0.25, 0.3) is 0 Å². The molecule has 0 saturated carbocycles. The van der Waals surface area contributed by atoms with Gasteiger partial charge in [-0.1, -0.05) is 18.2 Å². The SMILES string of the molecule is O=S(=O)(c1ccccc1)N1CCC(Cc2ccncc2)CC1. The Morgan fingerprint density at radius 3 is 2.27 bits per heavy atom. The Labute approximate surface area is 131 Å². The van der Waals surface area contributed by atoms with Gasteiger partial charge in [0.15, 0.2) is 0 Å². The van der Waals surface area contributed by atoms with Gasteiger partial charge in [-0.3, -0.25) is 4.98 Å². The van der Waals surface area contributed by atoms with Gasteiger partial charge in [0.2, 0.25) is 10.0 Å². The molecule has 0 unspecified atom stereocenters. The summed E-state index contributed by atoms with van der Waals surface area (Å²) < 4.78 is 26.8. The second kappa shape index (κ2) is 6.58. The van der Waals surface area contributed by atoms with Crippen LogP contribution >= 0.6 is 0 Å². The monoisotopic (exact) mass is 316 g/mol. The fourth-order valence-electron chi connectivity index (χ4n) is 2.95. The molecule has 0 amide bonds. The van der Waals surface area contributed by atoms with E-state index in [2.05, 4.69) is 4.98 Å². The molecular formula is C17H20N2O2S. The fraction of sp³-hybridized carbons (Fsp3) is 0.353. The first kappa shape index (κ1) is 15.2. The maximum atomic E-state index is 12.6. The van der Waals surface area contributed by atoms with Crippen molar-refractivity contribution in [1.29, 1.82) is 0 Å². The van der Waals surface area contributed by atoms with Gasteiger partial charge in [-0.15, -0.1) is 0 Å². The van der Waals surface area contributed by atoms with E-state index in [9.17, 15) is 8.42 Å². The number of pyridine rings is 1. The molecule has 1 fully saturated rings. The van der Waals surface area contributed by atoms with Gasteiger partial charge in [-0.05, 0) is 55.0 Å². The van der Waals surface area contributed by atoms with Crippen LogP contribution < -0.4 is 0 Å². The molecule has 0 atom stereocenters. The lowest BCUT2D eigenvalue weighted by Crippen LogP contribution is -2.38. The van der Waals surface area contributed by atoms with Gasteiger partial charge in [-0.25, -0.2) is 8.42 Å². The molecule has 2 heterocycles. The van der Waals surface area contributed by atoms with Crippen molar-refractivity contribution in [3.63, 3.8) is 0 Å². The normalized spacial score (nSPS) is 17.5. The highest BCUT2D eigenvalue weighted by Gasteiger charge is 2.29. The maximum Gasteiger partial charge on any atom is 0.243 e. The molecule has 1 aliphatic heterocycles. The Morgan fingerprint density at radius 1 is 1.00 bits per heavy atom. The lowest BCUT2D eigenvalue weighted by molar-refractivity contribution is 0.273. The van der Waals surface area contributed by atoms with Gasteiger partial charge in [0.05, 0.1) is 4.90 Å². The number of sulfonamides is 1. The van der Waals surface area contributed by atoms with Crippen LogP contribution in [-0.2, 0) is 16.4 Å². The lowest BCUT2D eigenvalue weighted by atomic mass is 9.91. The number of aromatic nitrogens is 1. The van der Waals surface area contributed by atoms with Gasteiger partial charge >= 0.3 is 0 Å². The number of piperidine rings is 1. The van der Waals surface area contributed by atoms with Crippen LogP contribution in [0.15, 0.2) is 59.8 Å². The topological polar surface area (TPSA) is 50.3 Å². The average molecular weight is 316 g/mol. The zero-order valence-electron chi connectivity index (χ0n) is 12.4. The van der Waals surface area contributed by atoms with Crippen molar-refractivity contribution in [2.75, 3.05) is 13.1 Å². The molecule has 0 bridgehead atoms. The van der Waals surface area contributed by atoms with Crippen LogP contribution in [0, 0.1) is 5.92 Å². The number of benzene rings is 1. The molecule has 2 aromatic rings. The summed E-state index contributed by atoms with van der Waals surface area (Å²) in [6.07, 6.45) is 6.44. The molecule has 0 aliphatic carbocycles. The van der Waals surface area contributed by atoms with Crippen LogP contribution in [0.3, 0.4) is 0 Å². The maximum absolute atomic E-state index is 12.6. The van der Waals surface area contributed by atoms with Crippen molar-refractivity contribution >= 4 is 10.0 Å². The Morgan fingerprint density at radius 2 is 1.64 bits per heavy atom. The Balaban J connectivity index is 1.62. The average Bonchev–Trinajstić information content (AvgIpc) is 2.57. The predicted octanol–water partition coefficient (Wildman–Crippen LogP) is 2.73. The fourth-order valence-corrected chi connectivity index (χ4v) is 4.44. The van der Waals surface area contributed by atoms with Crippen LogP contribution in [0.1, 0.15) is 18.4 Å². The zero-order chi connectivity index (χ0) is 15.4. The molecule has 1 aromatic carbocycles. The Bertz CT molecular complexity index is 694. The second-order valence-electron chi connectivity index (χ2n) is 5.72. The molecule has 0 N–H and O–H groups in total. The third-order valence-electron chi connectivity index (χ3n) is 4.23. The predicted molar refractivity (Wildman–Crippen MR) is 85.9 cm³/mol. The molecule has 0 spiro atoms. The van der Waals surface area contributed by atoms with Gasteiger partial charge < -0.3 is 0 Å². The Kier molecular flexibility index (Phi) is 4.55. The van der Waals surface area contributed by atoms with Crippen LogP contribution in [0.4, 0.5) is 0 Å². The third-order valence-corrected chi connectivity index (χ3v) is 6.14. The summed E-state index contributed by atoms with van der Waals surface area (Å²) in [5.41, 5.74) is 1.28. The van der Waals surface area contributed by atoms with Gasteiger partial charge in [0, 0.05) is 25.5 Å². The van der Waals surface area contributed by atoms with Crippen molar-refractivity contribution in [2.45, 2.75) is 24.2 Å². The van der Waals surface area contributed by atoms with Crippen LogP contribution in [0.25, 0.3) is 0 Å². The number of nitrogens with zero attached hydrogens (tertiary/aromatic N) is 2. The van der Waals surface area contributed by atoms with E-state index in [0.717, 1.165) is 19.3 Å². The van der Waals surface area contributed by atoms with Crippen molar-refractivity contribution in [3.05, 3.63) is 60.4 Å². The van der Waals surface area contributed by atoms with E-state index >= 15 is 0 Å². The first-order valence-electron chi connectivity index (χ1n) is 7.60. The summed E-state index contributed by atoms with van der Waals surface area (Å²) in [5.74, 6) is 0.546. The molecule has 3 rings (SSSR count). The summed E-state index contributed by atoms with van der Waals surface area (Å²) in [6, 6.07) is 12.8. The van der Waals surface area contributed by atoms with Crippen molar-refractivity contribution in [3.8, 4) is 0 Å². The van der Waals surface area contributed by atoms with Gasteiger partial charge in [-0.2, -0.15) is 4.31 Å². The van der Waals surface area contributed by atoms with E-state index < -0.39 is 10.0 Å². The minimum Gasteiger partial charge on any atom is -0.265 e. The molecule has 1 saturated heterocycles. The molecule has 4 nitrogen and oxygen atoms in total. The number of rotatable bonds is 4. The highest BCUT2D eigenvalue weighted by molar-refractivity contribution is 7.89. The zero-order valence-corrected chi connectivity index (χ0v) is 13.2. The molecule has 1 aliphatic rings. The van der Waals surface area contributed by atoms with Gasteiger partial charge in [0.1, 0.15) is 0 Å². The summed E-state index contributed by atoms with van der Waals surface area (Å²) >= 11 is 0. The smallest absolute Gasteiger partial charge is 0.243 e. The molecular weight excluding hydrogens is 296 g/mol. The molecule has 116 valence electrons. The summed E-state index contributed by atoms with van der Waals surface area (Å²) in [5, 5.41) is 0. The lowest BCUT2D eigenvalue weighted by Gasteiger charge is -2.31. The third kappa shape index (κ3) is 3.36. The number of hydrogen-bond donors (Lipinski definition) is 0. The van der Waals surface area contributed by atoms with E-state index in [0.29, 0.717) is 23.9 Å². The summed E-state index contributed by atoms with van der Waals surface area (Å²) in [6.45, 7) is 1.21. The second-order valence-corrected chi connectivity index (χ2v) is 7.66. The largest absolute Gasteiger partial charge is 0.265 e. The van der Waals surface area contributed by atoms with Crippen LogP contribution in [-0.4, -0.2) is 30.8 Å². The van der Waals surface area contributed by atoms with Crippen LogP contribution in [0.2, 0.25) is 0 Å². The van der Waals surface area contributed by atoms with E-state index in [4.69, 9.17) is 0 Å². The summed E-state index contributed by atoms with van der Waals surface area (Å²) in [7, 11) is -3.33. The van der Waals surface area contributed by atoms with E-state index in [-0.39, 0.29) is 0 Å². The molecule has 0 radical (unpaired) electrons. The molecule has 22 heavy (non-hydrogen) atoms. The quantitative estimate of drug-likeness (QED) is 0.871. The van der Waals surface area contributed by atoms with E-state index in [1.165, 1.54) is 5.56 Å². The minimum atomic E-state index is -3.33. The standard InChI is InChI=1S/C17H20N2O2S/c20-22(21,17-4-2-1-3-5-17)19-12-8-16(9-13-19)14-15-6-10-18-11-7-15/h1-7,10-11,16H,8-9,12-14H2. The van der Waals surface area contributed by atoms with E-state index in [1.54, 1.807) is 28.6 Å². The Hall–Kier alpha value is -1.72. The first-order valence-corrected chi connectivity index (χ1v) is 9.04. The minimum absolute atomic E-state index is 0.391.